The van der Waals surface area contributed by atoms with Gasteiger partial charge in [-0.1, -0.05) is 32.9 Å². The van der Waals surface area contributed by atoms with Gasteiger partial charge in [0.15, 0.2) is 0 Å². The molecule has 0 bridgehead atoms. The topological polar surface area (TPSA) is 38.3 Å². The molecule has 0 fully saturated rings. The number of amides is 1. The maximum Gasteiger partial charge on any atom is 0.255 e. The van der Waals surface area contributed by atoms with E-state index in [0.717, 1.165) is 6.42 Å². The van der Waals surface area contributed by atoms with Crippen LogP contribution in [0.3, 0.4) is 0 Å². The van der Waals surface area contributed by atoms with Crippen LogP contribution >= 0.6 is 11.6 Å². The molecule has 1 unspecified atom stereocenters. The standard InChI is InChI=1S/C15H22ClNO2/c1-15(2,3)13(9-10-16)17-14(18)11-7-5-6-8-12(11)19-4/h5-8,13H,9-10H2,1-4H3,(H,17,18). The number of rotatable bonds is 5. The predicted molar refractivity (Wildman–Crippen MR) is 79.0 cm³/mol. The van der Waals surface area contributed by atoms with Gasteiger partial charge in [0, 0.05) is 11.9 Å². The fraction of sp³-hybridized carbons (Fsp3) is 0.533. The van der Waals surface area contributed by atoms with Gasteiger partial charge in [-0.3, -0.25) is 4.79 Å². The molecule has 1 aromatic carbocycles. The van der Waals surface area contributed by atoms with Crippen molar-refractivity contribution in [2.75, 3.05) is 13.0 Å². The Kier molecular flexibility index (Phi) is 5.67. The molecule has 0 aromatic heterocycles. The zero-order chi connectivity index (χ0) is 14.5. The van der Waals surface area contributed by atoms with Gasteiger partial charge in [-0.15, -0.1) is 11.6 Å². The van der Waals surface area contributed by atoms with Crippen LogP contribution in [0.25, 0.3) is 0 Å². The third-order valence-electron chi connectivity index (χ3n) is 3.10. The maximum absolute atomic E-state index is 12.3. The van der Waals surface area contributed by atoms with Crippen LogP contribution in [0, 0.1) is 5.41 Å². The molecule has 1 amide bonds. The van der Waals surface area contributed by atoms with E-state index < -0.39 is 0 Å². The molecule has 0 aliphatic rings. The number of carbonyl (C=O) groups is 1. The van der Waals surface area contributed by atoms with Crippen molar-refractivity contribution in [2.45, 2.75) is 33.2 Å². The number of hydrogen-bond acceptors (Lipinski definition) is 2. The van der Waals surface area contributed by atoms with Crippen LogP contribution in [0.1, 0.15) is 37.6 Å². The second kappa shape index (κ2) is 6.80. The molecule has 0 spiro atoms. The van der Waals surface area contributed by atoms with Crippen molar-refractivity contribution < 1.29 is 9.53 Å². The number of carbonyl (C=O) groups excluding carboxylic acids is 1. The summed E-state index contributed by atoms with van der Waals surface area (Å²) in [4.78, 5) is 12.3. The highest BCUT2D eigenvalue weighted by Crippen LogP contribution is 2.24. The molecular formula is C15H22ClNO2. The number of benzene rings is 1. The van der Waals surface area contributed by atoms with Crippen LogP contribution in [-0.2, 0) is 0 Å². The molecule has 1 atom stereocenters. The Morgan fingerprint density at radius 3 is 2.53 bits per heavy atom. The van der Waals surface area contributed by atoms with E-state index in [4.69, 9.17) is 16.3 Å². The number of ether oxygens (including phenoxy) is 1. The molecule has 0 radical (unpaired) electrons. The molecule has 3 nitrogen and oxygen atoms in total. The molecule has 0 aliphatic heterocycles. The molecule has 0 aliphatic carbocycles. The zero-order valence-electron chi connectivity index (χ0n) is 12.0. The average molecular weight is 284 g/mol. The SMILES string of the molecule is COc1ccccc1C(=O)NC(CCCl)C(C)(C)C. The summed E-state index contributed by atoms with van der Waals surface area (Å²) in [6.45, 7) is 6.27. The van der Waals surface area contributed by atoms with E-state index in [2.05, 4.69) is 26.1 Å². The van der Waals surface area contributed by atoms with E-state index in [9.17, 15) is 4.79 Å². The molecule has 1 N–H and O–H groups in total. The number of nitrogens with one attached hydrogen (secondary N) is 1. The third kappa shape index (κ3) is 4.43. The van der Waals surface area contributed by atoms with Gasteiger partial charge in [0.1, 0.15) is 5.75 Å². The van der Waals surface area contributed by atoms with Gasteiger partial charge in [0.2, 0.25) is 0 Å². The Hall–Kier alpha value is -1.22. The van der Waals surface area contributed by atoms with Crippen molar-refractivity contribution in [3.8, 4) is 5.75 Å². The lowest BCUT2D eigenvalue weighted by atomic mass is 9.85. The Balaban J connectivity index is 2.88. The Morgan fingerprint density at radius 2 is 2.00 bits per heavy atom. The van der Waals surface area contributed by atoms with Crippen molar-refractivity contribution in [3.63, 3.8) is 0 Å². The molecule has 1 rings (SSSR count). The monoisotopic (exact) mass is 283 g/mol. The van der Waals surface area contributed by atoms with Crippen LogP contribution in [0.2, 0.25) is 0 Å². The number of halogens is 1. The fourth-order valence-corrected chi connectivity index (χ4v) is 2.12. The van der Waals surface area contributed by atoms with Crippen molar-refractivity contribution in [1.82, 2.24) is 5.32 Å². The van der Waals surface area contributed by atoms with Gasteiger partial charge in [-0.2, -0.15) is 0 Å². The summed E-state index contributed by atoms with van der Waals surface area (Å²) in [5.41, 5.74) is 0.515. The smallest absolute Gasteiger partial charge is 0.255 e. The van der Waals surface area contributed by atoms with Crippen LogP contribution in [0.4, 0.5) is 0 Å². The van der Waals surface area contributed by atoms with Gasteiger partial charge < -0.3 is 10.1 Å². The second-order valence-corrected chi connectivity index (χ2v) is 5.95. The summed E-state index contributed by atoms with van der Waals surface area (Å²) in [5, 5.41) is 3.05. The van der Waals surface area contributed by atoms with Crippen LogP contribution in [0.15, 0.2) is 24.3 Å². The van der Waals surface area contributed by atoms with Crippen molar-refractivity contribution in [2.24, 2.45) is 5.41 Å². The minimum absolute atomic E-state index is 0.0300. The van der Waals surface area contributed by atoms with E-state index in [-0.39, 0.29) is 17.4 Å². The van der Waals surface area contributed by atoms with Crippen LogP contribution in [0.5, 0.6) is 5.75 Å². The average Bonchev–Trinajstić information content (AvgIpc) is 2.37. The van der Waals surface area contributed by atoms with E-state index in [1.165, 1.54) is 0 Å². The van der Waals surface area contributed by atoms with Crippen molar-refractivity contribution in [3.05, 3.63) is 29.8 Å². The minimum atomic E-state index is -0.123. The molecule has 0 saturated carbocycles. The van der Waals surface area contributed by atoms with Gasteiger partial charge in [0.25, 0.3) is 5.91 Å². The maximum atomic E-state index is 12.3. The Bertz CT molecular complexity index is 426. The summed E-state index contributed by atoms with van der Waals surface area (Å²) in [5.74, 6) is 0.981. The molecular weight excluding hydrogens is 262 g/mol. The molecule has 1 aromatic rings. The molecule has 0 saturated heterocycles. The first-order valence-corrected chi connectivity index (χ1v) is 6.93. The zero-order valence-corrected chi connectivity index (χ0v) is 12.8. The number of para-hydroxylation sites is 1. The lowest BCUT2D eigenvalue weighted by molar-refractivity contribution is 0.0897. The molecule has 19 heavy (non-hydrogen) atoms. The summed E-state index contributed by atoms with van der Waals surface area (Å²) in [7, 11) is 1.56. The minimum Gasteiger partial charge on any atom is -0.496 e. The van der Waals surface area contributed by atoms with Gasteiger partial charge >= 0.3 is 0 Å². The first-order chi connectivity index (χ1) is 8.90. The first kappa shape index (κ1) is 15.8. The lowest BCUT2D eigenvalue weighted by Gasteiger charge is -2.31. The largest absolute Gasteiger partial charge is 0.496 e. The van der Waals surface area contributed by atoms with Gasteiger partial charge in [-0.05, 0) is 24.0 Å². The highest BCUT2D eigenvalue weighted by Gasteiger charge is 2.26. The quantitative estimate of drug-likeness (QED) is 0.841. The van der Waals surface area contributed by atoms with E-state index >= 15 is 0 Å². The highest BCUT2D eigenvalue weighted by molar-refractivity contribution is 6.17. The van der Waals surface area contributed by atoms with E-state index in [1.807, 2.05) is 12.1 Å². The first-order valence-electron chi connectivity index (χ1n) is 6.40. The van der Waals surface area contributed by atoms with Crippen LogP contribution < -0.4 is 10.1 Å². The summed E-state index contributed by atoms with van der Waals surface area (Å²) < 4.78 is 5.21. The molecule has 4 heteroatoms. The fourth-order valence-electron chi connectivity index (χ4n) is 1.90. The van der Waals surface area contributed by atoms with Crippen LogP contribution in [-0.4, -0.2) is 24.9 Å². The third-order valence-corrected chi connectivity index (χ3v) is 3.32. The Labute approximate surface area is 120 Å². The van der Waals surface area contributed by atoms with Crippen molar-refractivity contribution >= 4 is 17.5 Å². The number of alkyl halides is 1. The predicted octanol–water partition coefficient (Wildman–Crippen LogP) is 3.47. The number of methoxy groups -OCH3 is 1. The second-order valence-electron chi connectivity index (χ2n) is 5.57. The highest BCUT2D eigenvalue weighted by atomic mass is 35.5. The van der Waals surface area contributed by atoms with Crippen molar-refractivity contribution in [1.29, 1.82) is 0 Å². The molecule has 106 valence electrons. The van der Waals surface area contributed by atoms with Gasteiger partial charge in [0.05, 0.1) is 12.7 Å². The van der Waals surface area contributed by atoms with Gasteiger partial charge in [-0.25, -0.2) is 0 Å². The Morgan fingerprint density at radius 1 is 1.37 bits per heavy atom. The lowest BCUT2D eigenvalue weighted by Crippen LogP contribution is -2.44. The number of hydrogen-bond donors (Lipinski definition) is 1. The summed E-state index contributed by atoms with van der Waals surface area (Å²) in [6.07, 6.45) is 0.742. The summed E-state index contributed by atoms with van der Waals surface area (Å²) >= 11 is 5.81. The summed E-state index contributed by atoms with van der Waals surface area (Å²) in [6, 6.07) is 7.24. The normalized spacial score (nSPS) is 12.9. The van der Waals surface area contributed by atoms with E-state index in [0.29, 0.717) is 17.2 Å². The molecule has 0 heterocycles. The van der Waals surface area contributed by atoms with E-state index in [1.54, 1.807) is 19.2 Å².